The largest absolute Gasteiger partial charge is 0.496 e. The van der Waals surface area contributed by atoms with E-state index in [2.05, 4.69) is 0 Å². The number of methoxy groups -OCH3 is 1. The van der Waals surface area contributed by atoms with E-state index in [4.69, 9.17) is 9.47 Å². The van der Waals surface area contributed by atoms with Gasteiger partial charge in [-0.15, -0.1) is 0 Å². The van der Waals surface area contributed by atoms with Gasteiger partial charge in [-0.2, -0.15) is 0 Å². The SMILES string of the molecule is CCOC(=O)CCCCCCN1C(=O)C/C(=C\c2ccccc2OC)C1=O. The molecule has 27 heavy (non-hydrogen) atoms. The molecule has 0 atom stereocenters. The molecular weight excluding hydrogens is 346 g/mol. The molecule has 0 aromatic heterocycles. The molecule has 0 radical (unpaired) electrons. The normalized spacial score (nSPS) is 15.5. The van der Waals surface area contributed by atoms with Gasteiger partial charge in [-0.25, -0.2) is 0 Å². The summed E-state index contributed by atoms with van der Waals surface area (Å²) in [7, 11) is 1.58. The molecule has 1 aliphatic heterocycles. The number of likely N-dealkylation sites (tertiary alicyclic amines) is 1. The maximum Gasteiger partial charge on any atom is 0.305 e. The second-order valence-electron chi connectivity index (χ2n) is 6.41. The van der Waals surface area contributed by atoms with E-state index in [1.807, 2.05) is 24.3 Å². The van der Waals surface area contributed by atoms with Crippen LogP contribution in [-0.4, -0.2) is 42.9 Å². The van der Waals surface area contributed by atoms with Crippen LogP contribution in [0.3, 0.4) is 0 Å². The van der Waals surface area contributed by atoms with Gasteiger partial charge in [0.2, 0.25) is 5.91 Å². The van der Waals surface area contributed by atoms with Gasteiger partial charge in [0.1, 0.15) is 5.75 Å². The molecule has 0 spiro atoms. The van der Waals surface area contributed by atoms with Crippen LogP contribution in [0.5, 0.6) is 5.75 Å². The van der Waals surface area contributed by atoms with E-state index in [-0.39, 0.29) is 24.2 Å². The third kappa shape index (κ3) is 5.94. The predicted molar refractivity (Wildman–Crippen MR) is 102 cm³/mol. The Hall–Kier alpha value is -2.63. The van der Waals surface area contributed by atoms with E-state index in [0.717, 1.165) is 31.2 Å². The number of carbonyl (C=O) groups excluding carboxylic acids is 3. The number of carbonyl (C=O) groups is 3. The Morgan fingerprint density at radius 3 is 2.63 bits per heavy atom. The summed E-state index contributed by atoms with van der Waals surface area (Å²) in [4.78, 5) is 37.3. The summed E-state index contributed by atoms with van der Waals surface area (Å²) in [5.74, 6) is 0.115. The number of hydrogen-bond donors (Lipinski definition) is 0. The van der Waals surface area contributed by atoms with E-state index in [9.17, 15) is 14.4 Å². The zero-order chi connectivity index (χ0) is 19.6. The summed E-state index contributed by atoms with van der Waals surface area (Å²) < 4.78 is 10.2. The summed E-state index contributed by atoms with van der Waals surface area (Å²) in [5.41, 5.74) is 1.28. The lowest BCUT2D eigenvalue weighted by molar-refractivity contribution is -0.143. The monoisotopic (exact) mass is 373 g/mol. The Balaban J connectivity index is 1.82. The van der Waals surface area contributed by atoms with E-state index in [1.165, 1.54) is 4.90 Å². The van der Waals surface area contributed by atoms with Gasteiger partial charge in [0, 0.05) is 24.1 Å². The summed E-state index contributed by atoms with van der Waals surface area (Å²) in [6.07, 6.45) is 5.52. The number of rotatable bonds is 10. The van der Waals surface area contributed by atoms with Gasteiger partial charge in [0.25, 0.3) is 5.91 Å². The number of amides is 2. The van der Waals surface area contributed by atoms with Crippen molar-refractivity contribution in [2.24, 2.45) is 0 Å². The molecule has 0 aliphatic carbocycles. The van der Waals surface area contributed by atoms with Crippen LogP contribution < -0.4 is 4.74 Å². The highest BCUT2D eigenvalue weighted by Gasteiger charge is 2.33. The van der Waals surface area contributed by atoms with Crippen molar-refractivity contribution in [2.75, 3.05) is 20.3 Å². The fourth-order valence-electron chi connectivity index (χ4n) is 3.06. The summed E-state index contributed by atoms with van der Waals surface area (Å²) in [6.45, 7) is 2.61. The molecule has 1 aliphatic rings. The minimum atomic E-state index is -0.225. The zero-order valence-electron chi connectivity index (χ0n) is 16.0. The fourth-order valence-corrected chi connectivity index (χ4v) is 3.06. The fraction of sp³-hybridized carbons (Fsp3) is 0.476. The Kier molecular flexibility index (Phi) is 8.04. The van der Waals surface area contributed by atoms with Crippen LogP contribution in [0.4, 0.5) is 0 Å². The first-order valence-electron chi connectivity index (χ1n) is 9.40. The van der Waals surface area contributed by atoms with E-state index < -0.39 is 0 Å². The average Bonchev–Trinajstić information content (AvgIpc) is 2.92. The molecule has 0 saturated carbocycles. The van der Waals surface area contributed by atoms with Crippen LogP contribution in [-0.2, 0) is 19.1 Å². The van der Waals surface area contributed by atoms with Crippen LogP contribution in [0.1, 0.15) is 51.0 Å². The Bertz CT molecular complexity index is 710. The summed E-state index contributed by atoms with van der Waals surface area (Å²) >= 11 is 0. The van der Waals surface area contributed by atoms with E-state index in [0.29, 0.717) is 30.9 Å². The summed E-state index contributed by atoms with van der Waals surface area (Å²) in [6, 6.07) is 7.40. The Labute approximate surface area is 160 Å². The Morgan fingerprint density at radius 2 is 1.89 bits per heavy atom. The van der Waals surface area contributed by atoms with Crippen LogP contribution in [0.25, 0.3) is 6.08 Å². The number of esters is 1. The van der Waals surface area contributed by atoms with Crippen molar-refractivity contribution >= 4 is 23.9 Å². The molecule has 1 aromatic rings. The van der Waals surface area contributed by atoms with Gasteiger partial charge >= 0.3 is 5.97 Å². The lowest BCUT2D eigenvalue weighted by Gasteiger charge is -2.13. The standard InChI is InChI=1S/C21H27NO5/c1-3-27-20(24)12-6-4-5-9-13-22-19(23)15-17(21(22)25)14-16-10-7-8-11-18(16)26-2/h7-8,10-11,14H,3-6,9,12-13,15H2,1-2H3/b17-14+. The molecule has 146 valence electrons. The molecular formula is C21H27NO5. The molecule has 0 N–H and O–H groups in total. The molecule has 1 fully saturated rings. The Morgan fingerprint density at radius 1 is 1.15 bits per heavy atom. The number of imide groups is 1. The second-order valence-corrected chi connectivity index (χ2v) is 6.41. The molecule has 1 saturated heterocycles. The average molecular weight is 373 g/mol. The molecule has 1 heterocycles. The lowest BCUT2D eigenvalue weighted by atomic mass is 10.1. The number of unbranched alkanes of at least 4 members (excludes halogenated alkanes) is 3. The van der Waals surface area contributed by atoms with Gasteiger partial charge in [0.05, 0.1) is 20.1 Å². The van der Waals surface area contributed by atoms with Crippen LogP contribution in [0, 0.1) is 0 Å². The second kappa shape index (κ2) is 10.5. The zero-order valence-corrected chi connectivity index (χ0v) is 16.0. The molecule has 0 unspecified atom stereocenters. The number of benzene rings is 1. The van der Waals surface area contributed by atoms with E-state index >= 15 is 0 Å². The van der Waals surface area contributed by atoms with Crippen molar-refractivity contribution in [1.29, 1.82) is 0 Å². The number of hydrogen-bond acceptors (Lipinski definition) is 5. The first-order valence-corrected chi connectivity index (χ1v) is 9.40. The van der Waals surface area contributed by atoms with Gasteiger partial charge in [-0.1, -0.05) is 31.0 Å². The van der Waals surface area contributed by atoms with Crippen LogP contribution >= 0.6 is 0 Å². The van der Waals surface area contributed by atoms with Crippen molar-refractivity contribution in [1.82, 2.24) is 4.90 Å². The van der Waals surface area contributed by atoms with Crippen molar-refractivity contribution in [2.45, 2.75) is 45.4 Å². The quantitative estimate of drug-likeness (QED) is 0.272. The van der Waals surface area contributed by atoms with Gasteiger partial charge in [-0.3, -0.25) is 19.3 Å². The molecule has 6 heteroatoms. The van der Waals surface area contributed by atoms with Crippen LogP contribution in [0.15, 0.2) is 29.8 Å². The minimum absolute atomic E-state index is 0.125. The van der Waals surface area contributed by atoms with Crippen molar-refractivity contribution in [3.8, 4) is 5.75 Å². The van der Waals surface area contributed by atoms with E-state index in [1.54, 1.807) is 20.1 Å². The maximum atomic E-state index is 12.5. The summed E-state index contributed by atoms with van der Waals surface area (Å²) in [5, 5.41) is 0. The molecule has 2 rings (SSSR count). The lowest BCUT2D eigenvalue weighted by Crippen LogP contribution is -2.30. The third-order valence-electron chi connectivity index (χ3n) is 4.45. The van der Waals surface area contributed by atoms with Gasteiger partial charge in [0.15, 0.2) is 0 Å². The topological polar surface area (TPSA) is 72.9 Å². The van der Waals surface area contributed by atoms with Gasteiger partial charge in [-0.05, 0) is 31.9 Å². The minimum Gasteiger partial charge on any atom is -0.496 e. The first-order chi connectivity index (χ1) is 13.1. The van der Waals surface area contributed by atoms with Crippen molar-refractivity contribution in [3.05, 3.63) is 35.4 Å². The van der Waals surface area contributed by atoms with Crippen LogP contribution in [0.2, 0.25) is 0 Å². The van der Waals surface area contributed by atoms with Crippen molar-refractivity contribution < 1.29 is 23.9 Å². The molecule has 1 aromatic carbocycles. The third-order valence-corrected chi connectivity index (χ3v) is 4.45. The highest BCUT2D eigenvalue weighted by atomic mass is 16.5. The van der Waals surface area contributed by atoms with Crippen molar-refractivity contribution in [3.63, 3.8) is 0 Å². The predicted octanol–water partition coefficient (Wildman–Crippen LogP) is 3.35. The molecule has 6 nitrogen and oxygen atoms in total. The highest BCUT2D eigenvalue weighted by Crippen LogP contribution is 2.26. The van der Waals surface area contributed by atoms with Gasteiger partial charge < -0.3 is 9.47 Å². The smallest absolute Gasteiger partial charge is 0.305 e. The molecule has 0 bridgehead atoms. The maximum absolute atomic E-state index is 12.5. The number of nitrogens with zero attached hydrogens (tertiary/aromatic N) is 1. The molecule has 2 amide bonds. The first kappa shape index (κ1) is 20.7. The number of para-hydroxylation sites is 1. The highest BCUT2D eigenvalue weighted by molar-refractivity contribution is 6.15. The number of ether oxygens (including phenoxy) is 2.